The molecule has 1 saturated heterocycles. The van der Waals surface area contributed by atoms with Gasteiger partial charge in [-0.2, -0.15) is 27.4 Å². The molecule has 0 aromatic heterocycles. The molecule has 2 N–H and O–H groups in total. The highest BCUT2D eigenvalue weighted by atomic mass is 32.2. The van der Waals surface area contributed by atoms with Crippen molar-refractivity contribution in [3.05, 3.63) is 65.8 Å². The Morgan fingerprint density at radius 2 is 1.58 bits per heavy atom. The fourth-order valence-corrected chi connectivity index (χ4v) is 5.53. The Hall–Kier alpha value is -3.29. The number of hydrogen-bond acceptors (Lipinski definition) is 7. The van der Waals surface area contributed by atoms with Crippen molar-refractivity contribution < 1.29 is 49.8 Å². The normalized spacial score (nSPS) is 15.6. The Kier molecular flexibility index (Phi) is 21.1. The van der Waals surface area contributed by atoms with Crippen molar-refractivity contribution in [2.45, 2.75) is 72.4 Å². The van der Waals surface area contributed by atoms with Crippen molar-refractivity contribution in [1.82, 2.24) is 14.7 Å². The number of nitrogens with one attached hydrogen (secondary N) is 1. The minimum Gasteiger partial charge on any atom is -0.426 e. The number of piperidine rings is 1. The van der Waals surface area contributed by atoms with Gasteiger partial charge in [0.2, 0.25) is 10.0 Å². The quantitative estimate of drug-likeness (QED) is 0.0634. The van der Waals surface area contributed by atoms with Crippen LogP contribution in [0.15, 0.2) is 60.2 Å². The lowest BCUT2D eigenvalue weighted by Crippen LogP contribution is -2.56. The predicted octanol–water partition coefficient (Wildman–Crippen LogP) is 7.04. The molecular formula is C33H50F5N3O6S. The molecule has 1 atom stereocenters. The van der Waals surface area contributed by atoms with E-state index in [1.54, 1.807) is 0 Å². The number of terminal acetylenes is 1. The zero-order valence-corrected chi connectivity index (χ0v) is 29.7. The largest absolute Gasteiger partial charge is 0.499 e. The molecule has 1 aliphatic rings. The fraction of sp³-hybridized carbons (Fsp3) is 0.545. The van der Waals surface area contributed by atoms with E-state index in [2.05, 4.69) is 44.1 Å². The average Bonchev–Trinajstić information content (AvgIpc) is 3.02. The summed E-state index contributed by atoms with van der Waals surface area (Å²) in [5.74, 6) is -1.67. The first-order valence-electron chi connectivity index (χ1n) is 14.8. The minimum absolute atomic E-state index is 0.0136. The maximum absolute atomic E-state index is 13.0. The Balaban J connectivity index is 0. The second kappa shape index (κ2) is 21.6. The molecule has 0 radical (unpaired) electrons. The number of carbonyl (C=O) groups excluding carboxylic acids is 1. The van der Waals surface area contributed by atoms with Gasteiger partial charge in [0.25, 0.3) is 5.91 Å². The molecule has 1 aliphatic heterocycles. The van der Waals surface area contributed by atoms with Gasteiger partial charge < -0.3 is 19.6 Å². The maximum atomic E-state index is 13.0. The monoisotopic (exact) mass is 711 g/mol. The zero-order chi connectivity index (χ0) is 37.9. The SMILES string of the molecule is C#C.C/C=C\C.C=C(C)/C(C)=C/CC.COC(NO)C1(CS(=O)(=O)N(C)C)CCN(C(=O)c2ccc(OC(F)(F)C(F)(F)F)cc2)CC1. The number of allylic oxidation sites excluding steroid dienone is 5. The number of amides is 1. The Bertz CT molecular complexity index is 1300. The van der Waals surface area contributed by atoms with Crippen LogP contribution in [-0.4, -0.2) is 87.3 Å². The topological polar surface area (TPSA) is 108 Å². The molecule has 9 nitrogen and oxygen atoms in total. The molecule has 1 aromatic rings. The van der Waals surface area contributed by atoms with Crippen LogP contribution >= 0.6 is 0 Å². The lowest BCUT2D eigenvalue weighted by Gasteiger charge is -2.45. The molecule has 274 valence electrons. The summed E-state index contributed by atoms with van der Waals surface area (Å²) in [6.45, 7) is 14.2. The third-order valence-corrected chi connectivity index (χ3v) is 9.23. The number of sulfonamides is 1. The van der Waals surface area contributed by atoms with Gasteiger partial charge in [0.15, 0.2) is 0 Å². The smallest absolute Gasteiger partial charge is 0.426 e. The molecule has 15 heteroatoms. The van der Waals surface area contributed by atoms with Gasteiger partial charge in [-0.1, -0.05) is 42.9 Å². The Morgan fingerprint density at radius 3 is 1.90 bits per heavy atom. The summed E-state index contributed by atoms with van der Waals surface area (Å²) in [6.07, 6.45) is 3.24. The molecule has 1 fully saturated rings. The van der Waals surface area contributed by atoms with Crippen LogP contribution in [0.3, 0.4) is 0 Å². The van der Waals surface area contributed by atoms with Crippen LogP contribution in [0.1, 0.15) is 64.2 Å². The standard InChI is InChI=1S/C19H26F5N3O6S.C8H14.C4H8.C2H2/c1-26(2)34(30,31)12-17(16(25-29)32-3)8-10-27(11-9-17)15(28)13-4-6-14(7-5-13)33-19(23,24)18(20,21)22;1-5-6-8(4)7(2)3;1-3-4-2;1-2/h4-7,16,25,29H,8-12H2,1-3H3;6H,2,5H2,1,3-4H3;3-4H,1-2H3;1-2H/b;8-6+;4-3-;. The van der Waals surface area contributed by atoms with Crippen LogP contribution in [0.5, 0.6) is 5.75 Å². The number of carbonyl (C=O) groups is 1. The van der Waals surface area contributed by atoms with Crippen LogP contribution < -0.4 is 10.2 Å². The molecule has 0 bridgehead atoms. The molecular weight excluding hydrogens is 661 g/mol. The van der Waals surface area contributed by atoms with E-state index >= 15 is 0 Å². The summed E-state index contributed by atoms with van der Waals surface area (Å²) < 4.78 is 97.9. The van der Waals surface area contributed by atoms with E-state index in [1.165, 1.54) is 37.3 Å². The van der Waals surface area contributed by atoms with E-state index < -0.39 is 45.6 Å². The van der Waals surface area contributed by atoms with Gasteiger partial charge in [-0.15, -0.1) is 12.8 Å². The molecule has 1 unspecified atom stereocenters. The lowest BCUT2D eigenvalue weighted by atomic mass is 9.78. The van der Waals surface area contributed by atoms with E-state index in [-0.39, 0.29) is 37.2 Å². The number of nitrogens with zero attached hydrogens (tertiary/aromatic N) is 2. The highest BCUT2D eigenvalue weighted by Crippen LogP contribution is 2.39. The molecule has 0 saturated carbocycles. The summed E-state index contributed by atoms with van der Waals surface area (Å²) in [7, 11) is 0.333. The average molecular weight is 712 g/mol. The van der Waals surface area contributed by atoms with E-state index in [0.29, 0.717) is 0 Å². The van der Waals surface area contributed by atoms with Crippen LogP contribution in [0.25, 0.3) is 0 Å². The first-order valence-corrected chi connectivity index (χ1v) is 16.4. The summed E-state index contributed by atoms with van der Waals surface area (Å²) in [4.78, 5) is 14.2. The van der Waals surface area contributed by atoms with Gasteiger partial charge in [-0.3, -0.25) is 4.79 Å². The first kappa shape index (κ1) is 46.8. The summed E-state index contributed by atoms with van der Waals surface area (Å²) in [5.41, 5.74) is 3.40. The highest BCUT2D eigenvalue weighted by molar-refractivity contribution is 7.89. The summed E-state index contributed by atoms with van der Waals surface area (Å²) in [6, 6.07) is 3.74. The first-order chi connectivity index (χ1) is 22.2. The number of alkyl halides is 5. The number of hydroxylamine groups is 1. The van der Waals surface area contributed by atoms with Crippen LogP contribution in [0.2, 0.25) is 0 Å². The van der Waals surface area contributed by atoms with E-state index in [9.17, 15) is 40.4 Å². The predicted molar refractivity (Wildman–Crippen MR) is 178 cm³/mol. The third-order valence-electron chi connectivity index (χ3n) is 7.18. The molecule has 0 aliphatic carbocycles. The highest BCUT2D eigenvalue weighted by Gasteiger charge is 2.61. The van der Waals surface area contributed by atoms with E-state index in [0.717, 1.165) is 35.0 Å². The minimum atomic E-state index is -5.90. The van der Waals surface area contributed by atoms with Gasteiger partial charge in [-0.25, -0.2) is 12.7 Å². The summed E-state index contributed by atoms with van der Waals surface area (Å²) >= 11 is 0. The van der Waals surface area contributed by atoms with Crippen molar-refractivity contribution in [1.29, 1.82) is 0 Å². The van der Waals surface area contributed by atoms with Gasteiger partial charge >= 0.3 is 12.3 Å². The summed E-state index contributed by atoms with van der Waals surface area (Å²) in [5, 5.41) is 9.49. The lowest BCUT2D eigenvalue weighted by molar-refractivity contribution is -0.360. The van der Waals surface area contributed by atoms with Crippen molar-refractivity contribution in [3.63, 3.8) is 0 Å². The number of benzene rings is 1. The number of halogens is 5. The number of likely N-dealkylation sites (tertiary alicyclic amines) is 1. The van der Waals surface area contributed by atoms with Crippen molar-refractivity contribution >= 4 is 15.9 Å². The zero-order valence-electron chi connectivity index (χ0n) is 28.9. The van der Waals surface area contributed by atoms with Crippen molar-refractivity contribution in [2.24, 2.45) is 5.41 Å². The Morgan fingerprint density at radius 1 is 1.10 bits per heavy atom. The van der Waals surface area contributed by atoms with Crippen LogP contribution in [0.4, 0.5) is 22.0 Å². The number of hydrogen-bond donors (Lipinski definition) is 2. The van der Waals surface area contributed by atoms with Gasteiger partial charge in [-0.05, 0) is 71.2 Å². The van der Waals surface area contributed by atoms with E-state index in [4.69, 9.17) is 4.74 Å². The number of ether oxygens (including phenoxy) is 2. The van der Waals surface area contributed by atoms with Gasteiger partial charge in [0, 0.05) is 45.3 Å². The van der Waals surface area contributed by atoms with Gasteiger partial charge in [0.05, 0.1) is 5.75 Å². The number of rotatable bonds is 11. The third kappa shape index (κ3) is 14.9. The fourth-order valence-electron chi connectivity index (χ4n) is 4.10. The van der Waals surface area contributed by atoms with Gasteiger partial charge in [0.1, 0.15) is 12.0 Å². The Labute approximate surface area is 282 Å². The van der Waals surface area contributed by atoms with Crippen molar-refractivity contribution in [3.8, 4) is 18.6 Å². The molecule has 0 spiro atoms. The molecule has 1 aromatic carbocycles. The number of methoxy groups -OCH3 is 1. The molecule has 1 heterocycles. The van der Waals surface area contributed by atoms with Crippen LogP contribution in [0, 0.1) is 18.3 Å². The molecule has 1 amide bonds. The maximum Gasteiger partial charge on any atom is 0.499 e. The van der Waals surface area contributed by atoms with E-state index in [1.807, 2.05) is 38.4 Å². The van der Waals surface area contributed by atoms with Crippen molar-refractivity contribution in [2.75, 3.05) is 40.0 Å². The molecule has 48 heavy (non-hydrogen) atoms. The van der Waals surface area contributed by atoms with Crippen LogP contribution in [-0.2, 0) is 14.8 Å². The second-order valence-corrected chi connectivity index (χ2v) is 13.0. The second-order valence-electron chi connectivity index (χ2n) is 10.8. The molecule has 2 rings (SSSR count).